The fraction of sp³-hybridized carbons (Fsp3) is 0.333. The van der Waals surface area contributed by atoms with Crippen molar-refractivity contribution in [3.8, 4) is 24.1 Å². The molecule has 1 heterocycles. The first-order chi connectivity index (χ1) is 24.9. The summed E-state index contributed by atoms with van der Waals surface area (Å²) >= 11 is 0. The molecule has 1 unspecified atom stereocenters. The summed E-state index contributed by atoms with van der Waals surface area (Å²) in [7, 11) is 1.62. The van der Waals surface area contributed by atoms with Crippen molar-refractivity contribution >= 4 is 29.2 Å². The van der Waals surface area contributed by atoms with E-state index < -0.39 is 18.3 Å². The molecule has 10 heteroatoms. The second-order valence-electron chi connectivity index (χ2n) is 10.6. The number of nitrogens with zero attached hydrogens (tertiary/aromatic N) is 2. The van der Waals surface area contributed by atoms with Gasteiger partial charge in [-0.25, -0.2) is 13.8 Å². The third-order valence-corrected chi connectivity index (χ3v) is 6.77. The Morgan fingerprint density at radius 1 is 1.02 bits per heavy atom. The SMILES string of the molecule is C#C.C=Cc1nc(-c2ccccc2)c(C/C=C\C/C=C\C)c(C)c1C(=NCC)C(=O)NC.CC(=O)C(N)(F)CF.CCN.CCNc1ccccc1. The lowest BCUT2D eigenvalue weighted by molar-refractivity contribution is -0.129. The van der Waals surface area contributed by atoms with Gasteiger partial charge in [-0.05, 0) is 83.3 Å². The van der Waals surface area contributed by atoms with Crippen molar-refractivity contribution in [2.45, 2.75) is 60.2 Å². The van der Waals surface area contributed by atoms with Gasteiger partial charge in [0.05, 0.1) is 11.4 Å². The molecule has 0 aliphatic rings. The van der Waals surface area contributed by atoms with Crippen LogP contribution in [0.15, 0.2) is 96.5 Å². The van der Waals surface area contributed by atoms with E-state index in [2.05, 4.69) is 90.2 Å². The number of Topliss-reactive ketones (excluding diaryl/α,β-unsaturated/α-hetero) is 1. The number of anilines is 1. The van der Waals surface area contributed by atoms with Gasteiger partial charge in [-0.15, -0.1) is 12.8 Å². The summed E-state index contributed by atoms with van der Waals surface area (Å²) < 4.78 is 23.3. The van der Waals surface area contributed by atoms with Crippen LogP contribution < -0.4 is 22.1 Å². The number of alkyl halides is 2. The molecule has 3 aromatic rings. The minimum Gasteiger partial charge on any atom is -0.385 e. The summed E-state index contributed by atoms with van der Waals surface area (Å²) in [4.78, 5) is 32.0. The van der Waals surface area contributed by atoms with Gasteiger partial charge in [-0.3, -0.25) is 20.3 Å². The van der Waals surface area contributed by atoms with E-state index in [9.17, 15) is 18.4 Å². The van der Waals surface area contributed by atoms with Crippen LogP contribution in [-0.4, -0.2) is 61.5 Å². The van der Waals surface area contributed by atoms with Crippen molar-refractivity contribution in [1.82, 2.24) is 10.3 Å². The van der Waals surface area contributed by atoms with Crippen LogP contribution in [0.3, 0.4) is 0 Å². The van der Waals surface area contributed by atoms with Gasteiger partial charge in [0, 0.05) is 37.0 Å². The first-order valence-electron chi connectivity index (χ1n) is 17.1. The number of aromatic nitrogens is 1. The molecule has 1 aromatic heterocycles. The highest BCUT2D eigenvalue weighted by Gasteiger charge is 2.29. The number of rotatable bonds is 13. The predicted octanol–water partition coefficient (Wildman–Crippen LogP) is 7.82. The van der Waals surface area contributed by atoms with Gasteiger partial charge in [-0.2, -0.15) is 0 Å². The minimum absolute atomic E-state index is 0.216. The monoisotopic (exact) mass is 716 g/mol. The molecular formula is C42H58F2N6O2. The molecule has 0 saturated heterocycles. The number of para-hydroxylation sites is 1. The molecule has 0 aliphatic carbocycles. The van der Waals surface area contributed by atoms with Crippen molar-refractivity contribution < 1.29 is 18.4 Å². The summed E-state index contributed by atoms with van der Waals surface area (Å²) in [6.45, 7) is 15.6. The van der Waals surface area contributed by atoms with Crippen molar-refractivity contribution in [3.05, 3.63) is 114 Å². The van der Waals surface area contributed by atoms with Crippen LogP contribution in [0, 0.1) is 19.8 Å². The predicted molar refractivity (Wildman–Crippen MR) is 218 cm³/mol. The zero-order valence-corrected chi connectivity index (χ0v) is 31.9. The molecule has 0 aliphatic heterocycles. The number of nitrogens with one attached hydrogen (secondary N) is 2. The Labute approximate surface area is 310 Å². The van der Waals surface area contributed by atoms with Crippen molar-refractivity contribution in [2.24, 2.45) is 16.5 Å². The number of benzene rings is 2. The van der Waals surface area contributed by atoms with Gasteiger partial charge < -0.3 is 16.4 Å². The molecule has 0 radical (unpaired) electrons. The largest absolute Gasteiger partial charge is 0.385 e. The quantitative estimate of drug-likeness (QED) is 0.0617. The first-order valence-corrected chi connectivity index (χ1v) is 17.1. The Bertz CT molecular complexity index is 1570. The van der Waals surface area contributed by atoms with Crippen molar-refractivity contribution in [3.63, 3.8) is 0 Å². The van der Waals surface area contributed by atoms with E-state index in [4.69, 9.17) is 10.7 Å². The Kier molecular flexibility index (Phi) is 27.7. The van der Waals surface area contributed by atoms with E-state index >= 15 is 0 Å². The highest BCUT2D eigenvalue weighted by atomic mass is 19.2. The number of aliphatic imine (C=N–C) groups is 1. The molecule has 8 nitrogen and oxygen atoms in total. The van der Waals surface area contributed by atoms with E-state index in [1.807, 2.05) is 70.2 Å². The van der Waals surface area contributed by atoms with Gasteiger partial charge in [0.25, 0.3) is 5.91 Å². The van der Waals surface area contributed by atoms with Crippen LogP contribution in [0.25, 0.3) is 17.3 Å². The van der Waals surface area contributed by atoms with Crippen LogP contribution in [0.4, 0.5) is 14.5 Å². The zero-order valence-electron chi connectivity index (χ0n) is 31.9. The number of carbonyl (C=O) groups excluding carboxylic acids is 2. The molecule has 0 bridgehead atoms. The van der Waals surface area contributed by atoms with Gasteiger partial charge >= 0.3 is 0 Å². The maximum atomic E-state index is 12.6. The van der Waals surface area contributed by atoms with Crippen LogP contribution in [0.2, 0.25) is 0 Å². The molecule has 6 N–H and O–H groups in total. The Morgan fingerprint density at radius 3 is 2.00 bits per heavy atom. The van der Waals surface area contributed by atoms with E-state index in [1.165, 1.54) is 5.69 Å². The number of amides is 1. The molecule has 1 atom stereocenters. The molecule has 0 saturated carbocycles. The lowest BCUT2D eigenvalue weighted by Crippen LogP contribution is -2.44. The number of hydrogen-bond acceptors (Lipinski definition) is 7. The topological polar surface area (TPSA) is 135 Å². The van der Waals surface area contributed by atoms with E-state index in [-0.39, 0.29) is 5.91 Å². The molecular weight excluding hydrogens is 658 g/mol. The number of pyridine rings is 1. The maximum absolute atomic E-state index is 12.6. The molecule has 2 aromatic carbocycles. The summed E-state index contributed by atoms with van der Waals surface area (Å²) in [5.41, 5.74) is 16.4. The number of carbonyl (C=O) groups is 2. The number of ketones is 1. The second kappa shape index (κ2) is 29.5. The summed E-state index contributed by atoms with van der Waals surface area (Å²) in [5, 5.41) is 5.91. The summed E-state index contributed by atoms with van der Waals surface area (Å²) in [6.07, 6.45) is 19.8. The third-order valence-electron chi connectivity index (χ3n) is 6.77. The lowest BCUT2D eigenvalue weighted by Gasteiger charge is -2.19. The Morgan fingerprint density at radius 2 is 1.58 bits per heavy atom. The van der Waals surface area contributed by atoms with Gasteiger partial charge in [0.15, 0.2) is 5.78 Å². The smallest absolute Gasteiger partial charge is 0.269 e. The fourth-order valence-corrected chi connectivity index (χ4v) is 4.20. The van der Waals surface area contributed by atoms with Crippen molar-refractivity contribution in [2.75, 3.05) is 38.7 Å². The maximum Gasteiger partial charge on any atom is 0.269 e. The Hall–Kier alpha value is -5.24. The average molecular weight is 717 g/mol. The average Bonchev–Trinajstić information content (AvgIpc) is 3.16. The van der Waals surface area contributed by atoms with Crippen LogP contribution in [0.1, 0.15) is 63.4 Å². The van der Waals surface area contributed by atoms with Crippen LogP contribution in [-0.2, 0) is 16.0 Å². The van der Waals surface area contributed by atoms with E-state index in [0.717, 1.165) is 60.8 Å². The van der Waals surface area contributed by atoms with Gasteiger partial charge in [0.2, 0.25) is 5.79 Å². The number of terminal acetylenes is 1. The zero-order chi connectivity index (χ0) is 40.0. The number of nitrogens with two attached hydrogens (primary N) is 2. The second-order valence-corrected chi connectivity index (χ2v) is 10.6. The summed E-state index contributed by atoms with van der Waals surface area (Å²) in [5.74, 6) is -3.97. The lowest BCUT2D eigenvalue weighted by atomic mass is 9.91. The fourth-order valence-electron chi connectivity index (χ4n) is 4.20. The molecule has 1 amide bonds. The Balaban J connectivity index is 0. The molecule has 0 spiro atoms. The van der Waals surface area contributed by atoms with Gasteiger partial charge in [0.1, 0.15) is 12.4 Å². The number of allylic oxidation sites excluding steroid dienone is 4. The summed E-state index contributed by atoms with van der Waals surface area (Å²) in [6, 6.07) is 20.3. The van der Waals surface area contributed by atoms with E-state index in [0.29, 0.717) is 18.0 Å². The van der Waals surface area contributed by atoms with Crippen LogP contribution >= 0.6 is 0 Å². The van der Waals surface area contributed by atoms with E-state index in [1.54, 1.807) is 13.1 Å². The number of likely N-dealkylation sites (N-methyl/N-ethyl adjacent to an activating group) is 1. The van der Waals surface area contributed by atoms with Crippen LogP contribution in [0.5, 0.6) is 0 Å². The first kappa shape index (κ1) is 48.9. The molecule has 3 rings (SSSR count). The van der Waals surface area contributed by atoms with Crippen molar-refractivity contribution in [1.29, 1.82) is 0 Å². The third kappa shape index (κ3) is 18.1. The highest BCUT2D eigenvalue weighted by Crippen LogP contribution is 2.30. The molecule has 0 fully saturated rings. The van der Waals surface area contributed by atoms with Gasteiger partial charge in [-0.1, -0.05) is 86.3 Å². The number of halogens is 2. The number of hydrogen-bond donors (Lipinski definition) is 4. The highest BCUT2D eigenvalue weighted by molar-refractivity contribution is 6.46. The standard InChI is InChI=1S/C26H31N3O.C8H11N.C4H7F2NO.C2H7N.C2H2/c1-6-9-10-11-15-18-21-19(4)23(25(28-8-3)26(30)27-5)22(7-2)29-24(21)20-16-13-12-14-17-20;1-2-9-8-6-4-3-5-7-8;1-3(8)4(6,7)2-5;1-2-3;1-2/h6-7,9,11-17H,2,8,10,18H2,1,3-5H3,(H,27,30);3-7,9H,2H2,1H3;2,7H2,1H3;2-3H2,1H3;1-2H/b9-6-,15-11-,28-25?;;;;. The normalized spacial score (nSPS) is 11.5. The minimum atomic E-state index is -2.76. The molecule has 52 heavy (non-hydrogen) atoms. The molecule has 282 valence electrons.